The number of aliphatic hydroxyl groups is 1. The number of carbonyl (C=O) groups is 1. The molecule has 5 heteroatoms. The summed E-state index contributed by atoms with van der Waals surface area (Å²) in [6, 6.07) is 4.31. The molecule has 1 aromatic rings. The summed E-state index contributed by atoms with van der Waals surface area (Å²) < 4.78 is 0.936. The minimum Gasteiger partial charge on any atom is -0.378 e. The largest absolute Gasteiger partial charge is 0.378 e. The summed E-state index contributed by atoms with van der Waals surface area (Å²) in [6.45, 7) is 3.25. The fourth-order valence-corrected chi connectivity index (χ4v) is 3.35. The molecule has 2 atom stereocenters. The Hall–Kier alpha value is -1.07. The smallest absolute Gasteiger partial charge is 0.257 e. The van der Waals surface area contributed by atoms with E-state index >= 15 is 0 Å². The van der Waals surface area contributed by atoms with E-state index < -0.39 is 6.10 Å². The lowest BCUT2D eigenvalue weighted by Crippen LogP contribution is -2.26. The van der Waals surface area contributed by atoms with Crippen molar-refractivity contribution in [3.05, 3.63) is 22.2 Å². The maximum Gasteiger partial charge on any atom is 0.257 e. The number of aliphatic hydroxyl groups excluding tert-OH is 1. The van der Waals surface area contributed by atoms with Crippen LogP contribution < -0.4 is 10.2 Å². The van der Waals surface area contributed by atoms with Crippen LogP contribution >= 0.6 is 15.9 Å². The Morgan fingerprint density at radius 3 is 2.94 bits per heavy atom. The van der Waals surface area contributed by atoms with Gasteiger partial charge in [0.2, 0.25) is 0 Å². The van der Waals surface area contributed by atoms with Gasteiger partial charge in [-0.05, 0) is 47.8 Å². The second-order valence-electron chi connectivity index (χ2n) is 4.97. The number of anilines is 2. The molecule has 1 saturated heterocycles. The average molecular weight is 311 g/mol. The van der Waals surface area contributed by atoms with Crippen LogP contribution in [0.3, 0.4) is 0 Å². The predicted molar refractivity (Wildman–Crippen MR) is 73.8 cm³/mol. The van der Waals surface area contributed by atoms with Gasteiger partial charge in [0.25, 0.3) is 5.91 Å². The van der Waals surface area contributed by atoms with Gasteiger partial charge in [-0.1, -0.05) is 0 Å². The normalized spacial score (nSPS) is 26.4. The quantitative estimate of drug-likeness (QED) is 0.837. The number of fused-ring (bicyclic) bond motifs is 1. The monoisotopic (exact) mass is 310 g/mol. The van der Waals surface area contributed by atoms with E-state index in [1.165, 1.54) is 12.8 Å². The third-order valence-electron chi connectivity index (χ3n) is 3.78. The third-order valence-corrected chi connectivity index (χ3v) is 4.42. The molecular weight excluding hydrogens is 296 g/mol. The Morgan fingerprint density at radius 2 is 2.28 bits per heavy atom. The van der Waals surface area contributed by atoms with Crippen molar-refractivity contribution < 1.29 is 9.90 Å². The van der Waals surface area contributed by atoms with Crippen LogP contribution in [0.1, 0.15) is 31.4 Å². The number of amides is 1. The zero-order valence-electron chi connectivity index (χ0n) is 10.1. The summed E-state index contributed by atoms with van der Waals surface area (Å²) in [6.07, 6.45) is 1.35. The molecule has 0 saturated carbocycles. The first kappa shape index (κ1) is 12.0. The van der Waals surface area contributed by atoms with Gasteiger partial charge >= 0.3 is 0 Å². The first-order chi connectivity index (χ1) is 8.58. The molecule has 18 heavy (non-hydrogen) atoms. The molecule has 2 aliphatic heterocycles. The average Bonchev–Trinajstić information content (AvgIpc) is 2.86. The van der Waals surface area contributed by atoms with Gasteiger partial charge in [-0.2, -0.15) is 0 Å². The van der Waals surface area contributed by atoms with E-state index in [0.29, 0.717) is 11.6 Å². The Kier molecular flexibility index (Phi) is 2.83. The highest BCUT2D eigenvalue weighted by Crippen LogP contribution is 2.40. The van der Waals surface area contributed by atoms with Crippen molar-refractivity contribution in [1.29, 1.82) is 0 Å². The lowest BCUT2D eigenvalue weighted by Gasteiger charge is -2.25. The standard InChI is InChI=1S/C13H15BrN2O2/c1-7-3-2-4-16(7)11-6-10-8(5-9(11)14)12(17)13(18)15-10/h5-7,12,17H,2-4H2,1H3,(H,15,18). The van der Waals surface area contributed by atoms with Gasteiger partial charge in [0.1, 0.15) is 0 Å². The van der Waals surface area contributed by atoms with E-state index in [9.17, 15) is 9.90 Å². The van der Waals surface area contributed by atoms with E-state index in [4.69, 9.17) is 0 Å². The second kappa shape index (κ2) is 4.24. The Morgan fingerprint density at radius 1 is 1.50 bits per heavy atom. The van der Waals surface area contributed by atoms with Crippen LogP contribution in [-0.4, -0.2) is 23.6 Å². The number of nitrogens with one attached hydrogen (secondary N) is 1. The lowest BCUT2D eigenvalue weighted by atomic mass is 10.1. The number of hydrogen-bond acceptors (Lipinski definition) is 3. The molecule has 2 unspecified atom stereocenters. The van der Waals surface area contributed by atoms with Gasteiger partial charge in [0.15, 0.2) is 6.10 Å². The molecule has 0 radical (unpaired) electrons. The number of rotatable bonds is 1. The fourth-order valence-electron chi connectivity index (χ4n) is 2.77. The van der Waals surface area contributed by atoms with Crippen LogP contribution in [0.15, 0.2) is 16.6 Å². The van der Waals surface area contributed by atoms with Gasteiger partial charge in [-0.25, -0.2) is 0 Å². The van der Waals surface area contributed by atoms with Crippen LogP contribution in [0, 0.1) is 0 Å². The number of carbonyl (C=O) groups excluding carboxylic acids is 1. The molecule has 4 nitrogen and oxygen atoms in total. The highest BCUT2D eigenvalue weighted by atomic mass is 79.9. The van der Waals surface area contributed by atoms with Crippen LogP contribution in [0.5, 0.6) is 0 Å². The minimum absolute atomic E-state index is 0.344. The third kappa shape index (κ3) is 1.73. The Balaban J connectivity index is 2.03. The Labute approximate surface area is 114 Å². The molecular formula is C13H15BrN2O2. The summed E-state index contributed by atoms with van der Waals surface area (Å²) in [5.74, 6) is -0.344. The molecule has 1 fully saturated rings. The highest BCUT2D eigenvalue weighted by molar-refractivity contribution is 9.10. The summed E-state index contributed by atoms with van der Waals surface area (Å²) in [5, 5.41) is 12.5. The van der Waals surface area contributed by atoms with Crippen LogP contribution in [0.4, 0.5) is 11.4 Å². The van der Waals surface area contributed by atoms with E-state index in [-0.39, 0.29) is 5.91 Å². The van der Waals surface area contributed by atoms with E-state index in [1.807, 2.05) is 12.1 Å². The molecule has 0 spiro atoms. The van der Waals surface area contributed by atoms with E-state index in [1.54, 1.807) is 0 Å². The summed E-state index contributed by atoms with van der Waals surface area (Å²) >= 11 is 3.54. The molecule has 1 aromatic carbocycles. The van der Waals surface area contributed by atoms with Gasteiger partial charge in [-0.15, -0.1) is 0 Å². The summed E-state index contributed by atoms with van der Waals surface area (Å²) in [5.41, 5.74) is 2.47. The maximum atomic E-state index is 11.4. The van der Waals surface area contributed by atoms with Gasteiger partial charge in [-0.3, -0.25) is 4.79 Å². The van der Waals surface area contributed by atoms with Gasteiger partial charge < -0.3 is 15.3 Å². The number of nitrogens with zero attached hydrogens (tertiary/aromatic N) is 1. The van der Waals surface area contributed by atoms with Crippen molar-refractivity contribution in [3.8, 4) is 0 Å². The molecule has 3 rings (SSSR count). The van der Waals surface area contributed by atoms with Crippen molar-refractivity contribution in [3.63, 3.8) is 0 Å². The number of benzene rings is 1. The maximum absolute atomic E-state index is 11.4. The molecule has 0 aromatic heterocycles. The lowest BCUT2D eigenvalue weighted by molar-refractivity contribution is -0.123. The molecule has 96 valence electrons. The van der Waals surface area contributed by atoms with E-state index in [2.05, 4.69) is 33.1 Å². The molecule has 1 amide bonds. The molecule has 2 N–H and O–H groups in total. The fraction of sp³-hybridized carbons (Fsp3) is 0.462. The molecule has 0 aliphatic carbocycles. The molecule has 0 bridgehead atoms. The van der Waals surface area contributed by atoms with E-state index in [0.717, 1.165) is 22.4 Å². The van der Waals surface area contributed by atoms with Crippen molar-refractivity contribution in [2.24, 2.45) is 0 Å². The zero-order valence-corrected chi connectivity index (χ0v) is 11.7. The van der Waals surface area contributed by atoms with Gasteiger partial charge in [0, 0.05) is 28.3 Å². The van der Waals surface area contributed by atoms with Crippen LogP contribution in [0.2, 0.25) is 0 Å². The number of halogens is 1. The topological polar surface area (TPSA) is 52.6 Å². The summed E-state index contributed by atoms with van der Waals surface area (Å²) in [7, 11) is 0. The van der Waals surface area contributed by atoms with Crippen LogP contribution in [-0.2, 0) is 4.79 Å². The first-order valence-corrected chi connectivity index (χ1v) is 6.96. The predicted octanol–water partition coefficient (Wildman–Crippen LogP) is 2.42. The van der Waals surface area contributed by atoms with Crippen molar-refractivity contribution in [2.45, 2.75) is 31.9 Å². The molecule has 2 heterocycles. The van der Waals surface area contributed by atoms with Crippen molar-refractivity contribution >= 4 is 33.2 Å². The highest BCUT2D eigenvalue weighted by Gasteiger charge is 2.31. The SMILES string of the molecule is CC1CCCN1c1cc2c(cc1Br)C(O)C(=O)N2. The van der Waals surface area contributed by atoms with Crippen molar-refractivity contribution in [2.75, 3.05) is 16.8 Å². The second-order valence-corrected chi connectivity index (χ2v) is 5.82. The summed E-state index contributed by atoms with van der Waals surface area (Å²) in [4.78, 5) is 13.8. The van der Waals surface area contributed by atoms with Gasteiger partial charge in [0.05, 0.1) is 5.69 Å². The Bertz CT molecular complexity index is 518. The zero-order chi connectivity index (χ0) is 12.9. The number of hydrogen-bond donors (Lipinski definition) is 2. The van der Waals surface area contributed by atoms with Crippen LogP contribution in [0.25, 0.3) is 0 Å². The minimum atomic E-state index is -1.04. The first-order valence-electron chi connectivity index (χ1n) is 6.17. The van der Waals surface area contributed by atoms with Crippen molar-refractivity contribution in [1.82, 2.24) is 0 Å². The molecule has 2 aliphatic rings.